The monoisotopic (exact) mass is 435 g/mol. The predicted octanol–water partition coefficient (Wildman–Crippen LogP) is 1.88. The number of nitrogen functional groups attached to an aromatic ring is 2. The lowest BCUT2D eigenvalue weighted by Crippen LogP contribution is -2.41. The molecule has 11 heteroatoms. The van der Waals surface area contributed by atoms with Crippen molar-refractivity contribution in [1.29, 1.82) is 0 Å². The highest BCUT2D eigenvalue weighted by Crippen LogP contribution is 2.35. The molecule has 2 aromatic rings. The first kappa shape index (κ1) is 22.9. The molecule has 0 aliphatic carbocycles. The summed E-state index contributed by atoms with van der Waals surface area (Å²) < 4.78 is 0. The Labute approximate surface area is 177 Å². The number of rotatable bonds is 9. The first-order valence-electron chi connectivity index (χ1n) is 9.07. The van der Waals surface area contributed by atoms with Crippen molar-refractivity contribution in [3.8, 4) is 0 Å². The second kappa shape index (κ2) is 9.88. The summed E-state index contributed by atoms with van der Waals surface area (Å²) in [6.45, 7) is 1.93. The van der Waals surface area contributed by atoms with Crippen molar-refractivity contribution in [1.82, 2.24) is 15.3 Å². The van der Waals surface area contributed by atoms with Crippen LogP contribution in [-0.2, 0) is 9.59 Å². The van der Waals surface area contributed by atoms with Crippen molar-refractivity contribution in [2.75, 3.05) is 11.5 Å². The fraction of sp³-hybridized carbons (Fsp3) is 0.316. The zero-order valence-corrected chi connectivity index (χ0v) is 16.9. The Kier molecular flexibility index (Phi) is 7.54. The van der Waals surface area contributed by atoms with Gasteiger partial charge in [-0.2, -0.15) is 4.98 Å². The van der Waals surface area contributed by atoms with E-state index in [0.717, 1.165) is 5.56 Å². The quantitative estimate of drug-likeness (QED) is 0.367. The lowest BCUT2D eigenvalue weighted by Gasteiger charge is -2.19. The largest absolute Gasteiger partial charge is 0.481 e. The van der Waals surface area contributed by atoms with Crippen LogP contribution in [0.5, 0.6) is 0 Å². The normalized spacial score (nSPS) is 12.7. The van der Waals surface area contributed by atoms with E-state index in [9.17, 15) is 19.5 Å². The van der Waals surface area contributed by atoms with Crippen LogP contribution in [0.2, 0.25) is 5.15 Å². The summed E-state index contributed by atoms with van der Waals surface area (Å²) in [6.07, 6.45) is 0.0283. The molecule has 7 N–H and O–H groups in total. The molecule has 2 atom stereocenters. The highest BCUT2D eigenvalue weighted by atomic mass is 35.5. The van der Waals surface area contributed by atoms with Gasteiger partial charge in [0, 0.05) is 23.5 Å². The minimum Gasteiger partial charge on any atom is -0.481 e. The number of carbonyl (C=O) groups is 3. The number of aliphatic carboxylic acids is 2. The molecule has 0 saturated carbocycles. The third-order valence-corrected chi connectivity index (χ3v) is 4.82. The summed E-state index contributed by atoms with van der Waals surface area (Å²) in [4.78, 5) is 42.2. The van der Waals surface area contributed by atoms with Crippen LogP contribution in [0, 0.1) is 0 Å². The van der Waals surface area contributed by atoms with Gasteiger partial charge in [-0.05, 0) is 30.5 Å². The molecule has 1 unspecified atom stereocenters. The Hall–Kier alpha value is -3.40. The van der Waals surface area contributed by atoms with E-state index in [-0.39, 0.29) is 41.2 Å². The van der Waals surface area contributed by atoms with Crippen molar-refractivity contribution in [3.05, 3.63) is 46.1 Å². The van der Waals surface area contributed by atoms with Crippen LogP contribution in [0.4, 0.5) is 11.8 Å². The number of carboxylic acid groups (broad SMARTS) is 2. The summed E-state index contributed by atoms with van der Waals surface area (Å²) in [5.41, 5.74) is 13.1. The Balaban J connectivity index is 2.21. The fourth-order valence-electron chi connectivity index (χ4n) is 3.04. The van der Waals surface area contributed by atoms with Crippen LogP contribution in [0.15, 0.2) is 24.3 Å². The number of hydrogen-bond donors (Lipinski definition) is 5. The number of carboxylic acids is 2. The topological polar surface area (TPSA) is 182 Å². The van der Waals surface area contributed by atoms with E-state index in [1.54, 1.807) is 12.1 Å². The summed E-state index contributed by atoms with van der Waals surface area (Å²) in [5, 5.41) is 20.4. The first-order chi connectivity index (χ1) is 14.1. The molecule has 10 nitrogen and oxygen atoms in total. The molecule has 1 aromatic carbocycles. The van der Waals surface area contributed by atoms with Gasteiger partial charge in [0.2, 0.25) is 5.95 Å². The number of aromatic nitrogens is 2. The van der Waals surface area contributed by atoms with E-state index in [2.05, 4.69) is 15.3 Å². The Morgan fingerprint density at radius 1 is 1.13 bits per heavy atom. The minimum absolute atomic E-state index is 0.0287. The van der Waals surface area contributed by atoms with E-state index in [4.69, 9.17) is 28.2 Å². The molecule has 0 saturated heterocycles. The van der Waals surface area contributed by atoms with Gasteiger partial charge < -0.3 is 27.0 Å². The fourth-order valence-corrected chi connectivity index (χ4v) is 3.35. The lowest BCUT2D eigenvalue weighted by atomic mass is 9.89. The summed E-state index contributed by atoms with van der Waals surface area (Å²) >= 11 is 6.21. The number of nitrogens with one attached hydrogen (secondary N) is 1. The van der Waals surface area contributed by atoms with Crippen LogP contribution in [0.25, 0.3) is 0 Å². The maximum atomic E-state index is 12.4. The number of amides is 1. The van der Waals surface area contributed by atoms with E-state index in [0.29, 0.717) is 12.0 Å². The smallest absolute Gasteiger partial charge is 0.326 e. The van der Waals surface area contributed by atoms with Crippen LogP contribution in [0.3, 0.4) is 0 Å². The van der Waals surface area contributed by atoms with Gasteiger partial charge in [0.1, 0.15) is 17.0 Å². The molecule has 0 aliphatic heterocycles. The van der Waals surface area contributed by atoms with Gasteiger partial charge >= 0.3 is 11.9 Å². The number of hydrogen-bond acceptors (Lipinski definition) is 7. The number of halogens is 1. The third kappa shape index (κ3) is 5.57. The molecule has 0 fully saturated rings. The summed E-state index contributed by atoms with van der Waals surface area (Å²) in [5.74, 6) is -3.17. The van der Waals surface area contributed by atoms with Gasteiger partial charge in [-0.25, -0.2) is 9.78 Å². The molecule has 160 valence electrons. The molecule has 0 spiro atoms. The van der Waals surface area contributed by atoms with Gasteiger partial charge in [0.25, 0.3) is 5.91 Å². The Bertz CT molecular complexity index is 928. The average Bonchev–Trinajstić information content (AvgIpc) is 2.67. The SMILES string of the molecule is CCC(c1ccc(C(=O)N[C@@H](CCC(=O)O)C(=O)O)cc1)c1c(N)nc(N)nc1Cl. The molecule has 2 rings (SSSR count). The van der Waals surface area contributed by atoms with E-state index in [1.165, 1.54) is 12.1 Å². The molecule has 0 aliphatic rings. The summed E-state index contributed by atoms with van der Waals surface area (Å²) in [6, 6.07) is 5.16. The molecule has 1 amide bonds. The number of anilines is 2. The molecular formula is C19H22ClN5O5. The standard InChI is InChI=1S/C19H22ClN5O5/c1-2-11(14-15(20)24-19(22)25-16(14)21)9-3-5-10(6-4-9)17(28)23-12(18(29)30)7-8-13(26)27/h3-6,11-12H,2,7-8H2,1H3,(H,23,28)(H,26,27)(H,29,30)(H4,21,22,24,25)/t11?,12-/m0/s1. The van der Waals surface area contributed by atoms with Crippen molar-refractivity contribution in [3.63, 3.8) is 0 Å². The van der Waals surface area contributed by atoms with Crippen molar-refractivity contribution >= 4 is 41.2 Å². The zero-order valence-electron chi connectivity index (χ0n) is 16.1. The second-order valence-electron chi connectivity index (χ2n) is 6.55. The van der Waals surface area contributed by atoms with E-state index < -0.39 is 23.9 Å². The highest BCUT2D eigenvalue weighted by Gasteiger charge is 2.23. The maximum absolute atomic E-state index is 12.4. The Morgan fingerprint density at radius 2 is 1.77 bits per heavy atom. The molecule has 0 radical (unpaired) electrons. The minimum atomic E-state index is -1.30. The van der Waals surface area contributed by atoms with Crippen LogP contribution >= 0.6 is 11.6 Å². The molecule has 0 bridgehead atoms. The summed E-state index contributed by atoms with van der Waals surface area (Å²) in [7, 11) is 0. The second-order valence-corrected chi connectivity index (χ2v) is 6.91. The number of nitrogens with two attached hydrogens (primary N) is 2. The van der Waals surface area contributed by atoms with E-state index in [1.807, 2.05) is 6.92 Å². The van der Waals surface area contributed by atoms with Gasteiger partial charge in [-0.15, -0.1) is 0 Å². The average molecular weight is 436 g/mol. The van der Waals surface area contributed by atoms with Crippen LogP contribution in [-0.4, -0.2) is 44.1 Å². The van der Waals surface area contributed by atoms with Crippen LogP contribution < -0.4 is 16.8 Å². The highest BCUT2D eigenvalue weighted by molar-refractivity contribution is 6.30. The predicted molar refractivity (Wildman–Crippen MR) is 110 cm³/mol. The number of carbonyl (C=O) groups excluding carboxylic acids is 1. The van der Waals surface area contributed by atoms with E-state index >= 15 is 0 Å². The van der Waals surface area contributed by atoms with Crippen molar-refractivity contribution < 1.29 is 24.6 Å². The molecular weight excluding hydrogens is 414 g/mol. The van der Waals surface area contributed by atoms with Gasteiger partial charge in [0.15, 0.2) is 0 Å². The molecule has 1 heterocycles. The van der Waals surface area contributed by atoms with Gasteiger partial charge in [-0.1, -0.05) is 30.7 Å². The zero-order chi connectivity index (χ0) is 22.4. The number of nitrogens with zero attached hydrogens (tertiary/aromatic N) is 2. The van der Waals surface area contributed by atoms with Gasteiger partial charge in [0.05, 0.1) is 0 Å². The Morgan fingerprint density at radius 3 is 2.27 bits per heavy atom. The lowest BCUT2D eigenvalue weighted by molar-refractivity contribution is -0.140. The number of benzene rings is 1. The van der Waals surface area contributed by atoms with Crippen molar-refractivity contribution in [2.45, 2.75) is 38.1 Å². The van der Waals surface area contributed by atoms with Crippen LogP contribution in [0.1, 0.15) is 53.6 Å². The molecule has 1 aromatic heterocycles. The first-order valence-corrected chi connectivity index (χ1v) is 9.45. The molecule has 30 heavy (non-hydrogen) atoms. The third-order valence-electron chi connectivity index (χ3n) is 4.53. The maximum Gasteiger partial charge on any atom is 0.326 e. The van der Waals surface area contributed by atoms with Crippen molar-refractivity contribution in [2.24, 2.45) is 0 Å². The van der Waals surface area contributed by atoms with Gasteiger partial charge in [-0.3, -0.25) is 9.59 Å².